The maximum Gasteiger partial charge on any atom is 0.104 e. The molecule has 68 heavy (non-hydrogen) atoms. The fraction of sp³-hybridized carbons (Fsp3) is 0.969. The van der Waals surface area contributed by atoms with Crippen LogP contribution in [-0.2, 0) is 14.2 Å². The van der Waals surface area contributed by atoms with E-state index >= 15 is 0 Å². The van der Waals surface area contributed by atoms with Crippen molar-refractivity contribution >= 4 is 0 Å². The van der Waals surface area contributed by atoms with E-state index in [4.69, 9.17) is 14.2 Å². The minimum absolute atomic E-state index is 0.0772. The highest BCUT2D eigenvalue weighted by atomic mass is 16.6. The molecule has 0 heterocycles. The number of allylic oxidation sites excluding steroid dienone is 2. The van der Waals surface area contributed by atoms with Gasteiger partial charge in [0.05, 0.1) is 13.2 Å². The van der Waals surface area contributed by atoms with Gasteiger partial charge in [-0.1, -0.05) is 335 Å². The topological polar surface area (TPSA) is 27.7 Å². The summed E-state index contributed by atoms with van der Waals surface area (Å²) in [4.78, 5) is 0. The number of unbranched alkanes of at least 4 members (excludes halogenated alkanes) is 50. The quantitative estimate of drug-likeness (QED) is 0.0449. The van der Waals surface area contributed by atoms with Gasteiger partial charge in [0, 0.05) is 19.8 Å². The molecule has 0 unspecified atom stereocenters. The van der Waals surface area contributed by atoms with Crippen LogP contribution in [0.1, 0.15) is 367 Å². The molecule has 0 atom stereocenters. The first-order chi connectivity index (χ1) is 33.8. The largest absolute Gasteiger partial charge is 0.379 e. The SMILES string of the molecule is CCCCCCCC/C=C\CCCCCCCCOC(COCCCCCCCCCCCCCCCCCCCCCC)COCCCCCCCCCCCCCCCCCCCCCC. The number of ether oxygens (including phenoxy) is 3. The van der Waals surface area contributed by atoms with E-state index in [2.05, 4.69) is 32.9 Å². The summed E-state index contributed by atoms with van der Waals surface area (Å²) >= 11 is 0. The molecule has 0 rings (SSSR count). The van der Waals surface area contributed by atoms with Gasteiger partial charge in [0.2, 0.25) is 0 Å². The van der Waals surface area contributed by atoms with E-state index in [1.54, 1.807) is 0 Å². The Morgan fingerprint density at radius 2 is 0.412 bits per heavy atom. The van der Waals surface area contributed by atoms with Crippen LogP contribution < -0.4 is 0 Å². The first-order valence-electron chi connectivity index (χ1n) is 32.3. The highest BCUT2D eigenvalue weighted by Gasteiger charge is 2.10. The Labute approximate surface area is 431 Å². The normalized spacial score (nSPS) is 11.9. The molecule has 408 valence electrons. The van der Waals surface area contributed by atoms with Crippen LogP contribution in [0.2, 0.25) is 0 Å². The van der Waals surface area contributed by atoms with Crippen molar-refractivity contribution < 1.29 is 14.2 Å². The van der Waals surface area contributed by atoms with Crippen molar-refractivity contribution in [3.63, 3.8) is 0 Å². The van der Waals surface area contributed by atoms with Crippen molar-refractivity contribution in [1.82, 2.24) is 0 Å². The zero-order chi connectivity index (χ0) is 48.8. The van der Waals surface area contributed by atoms with E-state index in [0.717, 1.165) is 26.2 Å². The average Bonchev–Trinajstić information content (AvgIpc) is 3.35. The van der Waals surface area contributed by atoms with E-state index in [1.807, 2.05) is 0 Å². The maximum absolute atomic E-state index is 6.40. The summed E-state index contributed by atoms with van der Waals surface area (Å²) in [6.45, 7) is 10.9. The Bertz CT molecular complexity index is 824. The molecule has 0 N–H and O–H groups in total. The summed E-state index contributed by atoms with van der Waals surface area (Å²) in [7, 11) is 0. The summed E-state index contributed by atoms with van der Waals surface area (Å²) < 4.78 is 18.8. The van der Waals surface area contributed by atoms with Crippen LogP contribution >= 0.6 is 0 Å². The van der Waals surface area contributed by atoms with Crippen LogP contribution in [0.4, 0.5) is 0 Å². The molecule has 0 aromatic rings. The van der Waals surface area contributed by atoms with Crippen molar-refractivity contribution in [2.24, 2.45) is 0 Å². The third-order valence-electron chi connectivity index (χ3n) is 14.9. The van der Waals surface area contributed by atoms with E-state index in [1.165, 1.54) is 340 Å². The van der Waals surface area contributed by atoms with Gasteiger partial charge in [0.25, 0.3) is 0 Å². The summed E-state index contributed by atoms with van der Waals surface area (Å²) in [5.74, 6) is 0. The highest BCUT2D eigenvalue weighted by molar-refractivity contribution is 4.81. The van der Waals surface area contributed by atoms with Crippen LogP contribution in [0.3, 0.4) is 0 Å². The smallest absolute Gasteiger partial charge is 0.104 e. The van der Waals surface area contributed by atoms with Crippen molar-refractivity contribution in [3.8, 4) is 0 Å². The molecule has 0 aliphatic carbocycles. The third kappa shape index (κ3) is 61.7. The van der Waals surface area contributed by atoms with Gasteiger partial charge in [0.15, 0.2) is 0 Å². The Balaban J connectivity index is 3.98. The molecule has 0 aliphatic rings. The second-order valence-corrected chi connectivity index (χ2v) is 22.0. The second-order valence-electron chi connectivity index (χ2n) is 22.0. The van der Waals surface area contributed by atoms with Gasteiger partial charge in [0.1, 0.15) is 6.10 Å². The summed E-state index contributed by atoms with van der Waals surface area (Å²) in [6.07, 6.45) is 80.7. The molecule has 0 saturated heterocycles. The van der Waals surface area contributed by atoms with Crippen molar-refractivity contribution in [3.05, 3.63) is 12.2 Å². The van der Waals surface area contributed by atoms with Crippen LogP contribution in [0.25, 0.3) is 0 Å². The number of hydrogen-bond acceptors (Lipinski definition) is 3. The molecule has 0 aliphatic heterocycles. The lowest BCUT2D eigenvalue weighted by Gasteiger charge is -2.18. The van der Waals surface area contributed by atoms with Crippen LogP contribution in [0.5, 0.6) is 0 Å². The van der Waals surface area contributed by atoms with Crippen molar-refractivity contribution in [2.75, 3.05) is 33.0 Å². The van der Waals surface area contributed by atoms with Crippen LogP contribution in [-0.4, -0.2) is 39.1 Å². The van der Waals surface area contributed by atoms with Gasteiger partial charge < -0.3 is 14.2 Å². The lowest BCUT2D eigenvalue weighted by atomic mass is 10.0. The molecule has 0 bridgehead atoms. The van der Waals surface area contributed by atoms with Gasteiger partial charge >= 0.3 is 0 Å². The number of rotatable bonds is 63. The van der Waals surface area contributed by atoms with Gasteiger partial charge in [-0.15, -0.1) is 0 Å². The lowest BCUT2D eigenvalue weighted by Crippen LogP contribution is -2.26. The Morgan fingerprint density at radius 3 is 0.647 bits per heavy atom. The molecule has 0 spiro atoms. The zero-order valence-corrected chi connectivity index (χ0v) is 47.7. The fourth-order valence-electron chi connectivity index (χ4n) is 10.1. The van der Waals surface area contributed by atoms with Gasteiger partial charge in [-0.05, 0) is 44.9 Å². The molecular weight excluding hydrogens is 829 g/mol. The molecule has 0 saturated carbocycles. The summed E-state index contributed by atoms with van der Waals surface area (Å²) in [6, 6.07) is 0. The fourth-order valence-corrected chi connectivity index (χ4v) is 10.1. The van der Waals surface area contributed by atoms with Crippen LogP contribution in [0.15, 0.2) is 12.2 Å². The second kappa shape index (κ2) is 64.6. The van der Waals surface area contributed by atoms with Crippen LogP contribution in [0, 0.1) is 0 Å². The molecule has 3 heteroatoms. The molecule has 0 amide bonds. The van der Waals surface area contributed by atoms with E-state index < -0.39 is 0 Å². The average molecular weight is 960 g/mol. The Kier molecular flexibility index (Phi) is 64.3. The predicted molar refractivity (Wildman–Crippen MR) is 307 cm³/mol. The molecular formula is C65H130O3. The monoisotopic (exact) mass is 959 g/mol. The maximum atomic E-state index is 6.40. The first-order valence-corrected chi connectivity index (χ1v) is 32.3. The van der Waals surface area contributed by atoms with Gasteiger partial charge in [-0.25, -0.2) is 0 Å². The van der Waals surface area contributed by atoms with Gasteiger partial charge in [-0.2, -0.15) is 0 Å². The van der Waals surface area contributed by atoms with Crippen molar-refractivity contribution in [2.45, 2.75) is 374 Å². The highest BCUT2D eigenvalue weighted by Crippen LogP contribution is 2.18. The van der Waals surface area contributed by atoms with Gasteiger partial charge in [-0.3, -0.25) is 0 Å². The Morgan fingerprint density at radius 1 is 0.221 bits per heavy atom. The van der Waals surface area contributed by atoms with Crippen molar-refractivity contribution in [1.29, 1.82) is 0 Å². The first kappa shape index (κ1) is 67.6. The Hall–Kier alpha value is -0.380. The molecule has 3 nitrogen and oxygen atoms in total. The zero-order valence-electron chi connectivity index (χ0n) is 47.7. The lowest BCUT2D eigenvalue weighted by molar-refractivity contribution is -0.0616. The third-order valence-corrected chi connectivity index (χ3v) is 14.9. The standard InChI is InChI=1S/C65H130O3/c1-4-7-10-13-16-19-22-25-28-31-33-35-37-39-42-45-48-51-54-57-60-66-63-65(68-62-59-56-53-50-47-44-41-30-27-24-21-18-15-12-9-6-3)64-67-61-58-55-52-49-46-43-40-38-36-34-32-29-26-23-20-17-14-11-8-5-2/h27,30,65H,4-26,28-29,31-64H2,1-3H3/b30-27-. The minimum Gasteiger partial charge on any atom is -0.379 e. The predicted octanol–water partition coefficient (Wildman–Crippen LogP) is 23.1. The minimum atomic E-state index is 0.0772. The van der Waals surface area contributed by atoms with E-state index in [0.29, 0.717) is 13.2 Å². The summed E-state index contributed by atoms with van der Waals surface area (Å²) in [5.41, 5.74) is 0. The number of hydrogen-bond donors (Lipinski definition) is 0. The molecule has 0 aromatic carbocycles. The van der Waals surface area contributed by atoms with E-state index in [-0.39, 0.29) is 6.10 Å². The summed E-state index contributed by atoms with van der Waals surface area (Å²) in [5, 5.41) is 0. The molecule has 0 radical (unpaired) electrons. The molecule has 0 fully saturated rings. The molecule has 0 aromatic heterocycles. The van der Waals surface area contributed by atoms with E-state index in [9.17, 15) is 0 Å².